The summed E-state index contributed by atoms with van der Waals surface area (Å²) >= 11 is 0. The van der Waals surface area contributed by atoms with Crippen molar-refractivity contribution in [2.75, 3.05) is 20.1 Å². The molecule has 1 fully saturated rings. The van der Waals surface area contributed by atoms with Crippen LogP contribution in [0.3, 0.4) is 0 Å². The molecule has 3 heteroatoms. The summed E-state index contributed by atoms with van der Waals surface area (Å²) in [6.07, 6.45) is 8.25. The zero-order chi connectivity index (χ0) is 14.9. The fourth-order valence-corrected chi connectivity index (χ4v) is 3.15. The van der Waals surface area contributed by atoms with Gasteiger partial charge in [-0.15, -0.1) is 0 Å². The molecule has 2 N–H and O–H groups in total. The number of aliphatic hydroxyl groups excluding tert-OH is 1. The molecule has 1 aliphatic rings. The molecule has 0 amide bonds. The lowest BCUT2D eigenvalue weighted by Crippen LogP contribution is -2.35. The third-order valence-corrected chi connectivity index (χ3v) is 4.60. The lowest BCUT2D eigenvalue weighted by Gasteiger charge is -2.31. The Kier molecular flexibility index (Phi) is 7.20. The Morgan fingerprint density at radius 3 is 2.43 bits per heavy atom. The first-order valence-electron chi connectivity index (χ1n) is 8.39. The summed E-state index contributed by atoms with van der Waals surface area (Å²) < 4.78 is 0. The van der Waals surface area contributed by atoms with Gasteiger partial charge in [-0.05, 0) is 50.5 Å². The van der Waals surface area contributed by atoms with Gasteiger partial charge in [-0.1, -0.05) is 43.5 Å². The molecule has 0 heterocycles. The summed E-state index contributed by atoms with van der Waals surface area (Å²) in [5, 5.41) is 12.5. The minimum atomic E-state index is 0.126. The van der Waals surface area contributed by atoms with Crippen LogP contribution in [0.4, 0.5) is 0 Å². The van der Waals surface area contributed by atoms with E-state index in [0.717, 1.165) is 24.7 Å². The van der Waals surface area contributed by atoms with E-state index >= 15 is 0 Å². The molecule has 0 unspecified atom stereocenters. The van der Waals surface area contributed by atoms with Crippen molar-refractivity contribution in [2.24, 2.45) is 0 Å². The highest BCUT2D eigenvalue weighted by Gasteiger charge is 2.16. The van der Waals surface area contributed by atoms with Crippen molar-refractivity contribution in [1.29, 1.82) is 0 Å². The maximum Gasteiger partial charge on any atom is 0.0681 e. The molecule has 1 aromatic carbocycles. The highest BCUT2D eigenvalue weighted by molar-refractivity contribution is 5.21. The van der Waals surface area contributed by atoms with Crippen LogP contribution in [0.1, 0.15) is 49.7 Å². The monoisotopic (exact) mass is 290 g/mol. The van der Waals surface area contributed by atoms with Gasteiger partial charge in [0.25, 0.3) is 0 Å². The quantitative estimate of drug-likeness (QED) is 0.723. The first-order valence-corrected chi connectivity index (χ1v) is 8.39. The molecule has 0 saturated heterocycles. The van der Waals surface area contributed by atoms with Gasteiger partial charge in [-0.2, -0.15) is 0 Å². The van der Waals surface area contributed by atoms with Gasteiger partial charge in [0.2, 0.25) is 0 Å². The second-order valence-corrected chi connectivity index (χ2v) is 6.28. The standard InChI is InChI=1S/C18H30N2O/c1-20(18-6-3-2-4-7-18)13-5-12-19-14-16-8-10-17(15-21)11-9-16/h8-11,18-19,21H,2-7,12-15H2,1H3. The van der Waals surface area contributed by atoms with E-state index in [2.05, 4.69) is 29.4 Å². The predicted molar refractivity (Wildman–Crippen MR) is 88.2 cm³/mol. The Labute approximate surface area is 129 Å². The van der Waals surface area contributed by atoms with Crippen LogP contribution >= 0.6 is 0 Å². The van der Waals surface area contributed by atoms with Crippen molar-refractivity contribution >= 4 is 0 Å². The molecule has 0 radical (unpaired) electrons. The SMILES string of the molecule is CN(CCCNCc1ccc(CO)cc1)C1CCCCC1. The van der Waals surface area contributed by atoms with Crippen LogP contribution in [0.25, 0.3) is 0 Å². The molecule has 21 heavy (non-hydrogen) atoms. The van der Waals surface area contributed by atoms with Crippen LogP contribution < -0.4 is 5.32 Å². The van der Waals surface area contributed by atoms with Gasteiger partial charge in [0.05, 0.1) is 6.61 Å². The Morgan fingerprint density at radius 2 is 1.76 bits per heavy atom. The minimum Gasteiger partial charge on any atom is -0.392 e. The summed E-state index contributed by atoms with van der Waals surface area (Å²) in [6.45, 7) is 3.31. The first kappa shape index (κ1) is 16.5. The Hall–Kier alpha value is -0.900. The largest absolute Gasteiger partial charge is 0.392 e. The third-order valence-electron chi connectivity index (χ3n) is 4.60. The topological polar surface area (TPSA) is 35.5 Å². The van der Waals surface area contributed by atoms with Crippen LogP contribution in [0.15, 0.2) is 24.3 Å². The maximum absolute atomic E-state index is 9.01. The fraction of sp³-hybridized carbons (Fsp3) is 0.667. The van der Waals surface area contributed by atoms with E-state index in [1.165, 1.54) is 50.6 Å². The normalized spacial score (nSPS) is 16.5. The minimum absolute atomic E-state index is 0.126. The molecule has 1 saturated carbocycles. The number of hydrogen-bond acceptors (Lipinski definition) is 3. The highest BCUT2D eigenvalue weighted by Crippen LogP contribution is 2.21. The first-order chi connectivity index (χ1) is 10.3. The van der Waals surface area contributed by atoms with Crippen molar-refractivity contribution in [1.82, 2.24) is 10.2 Å². The molecule has 2 rings (SSSR count). The molecule has 0 aliphatic heterocycles. The Balaban J connectivity index is 1.56. The van der Waals surface area contributed by atoms with E-state index in [1.54, 1.807) is 0 Å². The van der Waals surface area contributed by atoms with Crippen LogP contribution in [-0.2, 0) is 13.2 Å². The third kappa shape index (κ3) is 5.77. The number of hydrogen-bond donors (Lipinski definition) is 2. The van der Waals surface area contributed by atoms with Crippen LogP contribution in [-0.4, -0.2) is 36.2 Å². The molecule has 0 atom stereocenters. The highest BCUT2D eigenvalue weighted by atomic mass is 16.3. The van der Waals surface area contributed by atoms with Gasteiger partial charge < -0.3 is 15.3 Å². The number of nitrogens with one attached hydrogen (secondary N) is 1. The maximum atomic E-state index is 9.01. The summed E-state index contributed by atoms with van der Waals surface area (Å²) in [7, 11) is 2.28. The summed E-state index contributed by atoms with van der Waals surface area (Å²) in [5.74, 6) is 0. The van der Waals surface area contributed by atoms with Crippen LogP contribution in [0.5, 0.6) is 0 Å². The number of nitrogens with zero attached hydrogens (tertiary/aromatic N) is 1. The zero-order valence-electron chi connectivity index (χ0n) is 13.4. The van der Waals surface area contributed by atoms with Crippen molar-refractivity contribution < 1.29 is 5.11 Å². The number of benzene rings is 1. The molecule has 1 aliphatic carbocycles. The summed E-state index contributed by atoms with van der Waals surface area (Å²) in [5.41, 5.74) is 2.26. The molecular formula is C18H30N2O. The summed E-state index contributed by atoms with van der Waals surface area (Å²) in [6, 6.07) is 8.99. The molecule has 3 nitrogen and oxygen atoms in total. The Morgan fingerprint density at radius 1 is 1.10 bits per heavy atom. The van der Waals surface area contributed by atoms with E-state index in [-0.39, 0.29) is 6.61 Å². The number of aliphatic hydroxyl groups is 1. The van der Waals surface area contributed by atoms with Gasteiger partial charge in [-0.25, -0.2) is 0 Å². The molecule has 0 aromatic heterocycles. The second-order valence-electron chi connectivity index (χ2n) is 6.28. The lowest BCUT2D eigenvalue weighted by atomic mass is 9.94. The van der Waals surface area contributed by atoms with Crippen LogP contribution in [0.2, 0.25) is 0 Å². The second kappa shape index (κ2) is 9.19. The van der Waals surface area contributed by atoms with Crippen LogP contribution in [0, 0.1) is 0 Å². The van der Waals surface area contributed by atoms with Gasteiger partial charge in [0, 0.05) is 12.6 Å². The molecule has 0 bridgehead atoms. The van der Waals surface area contributed by atoms with Gasteiger partial charge in [0.15, 0.2) is 0 Å². The van der Waals surface area contributed by atoms with Gasteiger partial charge >= 0.3 is 0 Å². The van der Waals surface area contributed by atoms with Crippen molar-refractivity contribution in [3.8, 4) is 0 Å². The van der Waals surface area contributed by atoms with Gasteiger partial charge in [-0.3, -0.25) is 0 Å². The average molecular weight is 290 g/mol. The zero-order valence-corrected chi connectivity index (χ0v) is 13.4. The lowest BCUT2D eigenvalue weighted by molar-refractivity contribution is 0.189. The predicted octanol–water partition coefficient (Wildman–Crippen LogP) is 2.92. The fourth-order valence-electron chi connectivity index (χ4n) is 3.15. The number of rotatable bonds is 8. The molecule has 118 valence electrons. The van der Waals surface area contributed by atoms with E-state index < -0.39 is 0 Å². The molecule has 0 spiro atoms. The van der Waals surface area contributed by atoms with E-state index in [1.807, 2.05) is 12.1 Å². The van der Waals surface area contributed by atoms with Crippen molar-refractivity contribution in [3.63, 3.8) is 0 Å². The van der Waals surface area contributed by atoms with E-state index in [9.17, 15) is 0 Å². The van der Waals surface area contributed by atoms with E-state index in [4.69, 9.17) is 5.11 Å². The van der Waals surface area contributed by atoms with Crippen molar-refractivity contribution in [2.45, 2.75) is 57.7 Å². The smallest absolute Gasteiger partial charge is 0.0681 e. The Bertz CT molecular complexity index is 385. The van der Waals surface area contributed by atoms with Gasteiger partial charge in [0.1, 0.15) is 0 Å². The average Bonchev–Trinajstić information content (AvgIpc) is 2.55. The molecular weight excluding hydrogens is 260 g/mol. The molecule has 1 aromatic rings. The van der Waals surface area contributed by atoms with E-state index in [0.29, 0.717) is 0 Å². The van der Waals surface area contributed by atoms with Crippen molar-refractivity contribution in [3.05, 3.63) is 35.4 Å². The summed E-state index contributed by atoms with van der Waals surface area (Å²) in [4.78, 5) is 2.55.